The highest BCUT2D eigenvalue weighted by molar-refractivity contribution is 7.85. The summed E-state index contributed by atoms with van der Waals surface area (Å²) in [5.41, 5.74) is 12.2. The number of nitrogens with one attached hydrogen (secondary N) is 2. The van der Waals surface area contributed by atoms with Crippen LogP contribution in [0.15, 0.2) is 65.6 Å². The van der Waals surface area contributed by atoms with E-state index >= 15 is 0 Å². The van der Waals surface area contributed by atoms with Gasteiger partial charge in [0.2, 0.25) is 11.8 Å². The van der Waals surface area contributed by atoms with Gasteiger partial charge in [-0.3, -0.25) is 34.6 Å². The Labute approximate surface area is 260 Å². The molecule has 0 aromatic heterocycles. The molecule has 3 rings (SSSR count). The van der Waals surface area contributed by atoms with Crippen molar-refractivity contribution in [3.8, 4) is 0 Å². The number of benzene rings is 2. The van der Waals surface area contributed by atoms with Crippen LogP contribution in [0.3, 0.4) is 0 Å². The Kier molecular flexibility index (Phi) is 14.7. The van der Waals surface area contributed by atoms with E-state index in [1.807, 2.05) is 63.3 Å². The van der Waals surface area contributed by atoms with Crippen LogP contribution in [0.4, 0.5) is 0 Å². The molecule has 0 aliphatic heterocycles. The Hall–Kier alpha value is -3.58. The first-order valence-electron chi connectivity index (χ1n) is 14.8. The lowest BCUT2D eigenvalue weighted by molar-refractivity contribution is -0.148. The summed E-state index contributed by atoms with van der Waals surface area (Å²) in [6.45, 7) is 7.61. The van der Waals surface area contributed by atoms with Crippen LogP contribution in [0.2, 0.25) is 0 Å². The van der Waals surface area contributed by atoms with Gasteiger partial charge in [-0.1, -0.05) is 93.3 Å². The maximum absolute atomic E-state index is 13.4. The van der Waals surface area contributed by atoms with Gasteiger partial charge in [-0.2, -0.15) is 8.42 Å². The number of hydrogen-bond acceptors (Lipinski definition) is 7. The van der Waals surface area contributed by atoms with Crippen LogP contribution in [0.25, 0.3) is 6.08 Å². The van der Waals surface area contributed by atoms with Gasteiger partial charge in [0.05, 0.1) is 22.8 Å². The van der Waals surface area contributed by atoms with Crippen molar-refractivity contribution in [2.24, 2.45) is 29.4 Å². The fourth-order valence-electron chi connectivity index (χ4n) is 4.72. The van der Waals surface area contributed by atoms with Gasteiger partial charge in [-0.15, -0.1) is 0 Å². The van der Waals surface area contributed by atoms with Crippen molar-refractivity contribution in [2.45, 2.75) is 70.7 Å². The summed E-state index contributed by atoms with van der Waals surface area (Å²) in [7, 11) is -4.02. The quantitative estimate of drug-likeness (QED) is 0.132. The van der Waals surface area contributed by atoms with Gasteiger partial charge in [-0.05, 0) is 56.2 Å². The van der Waals surface area contributed by atoms with Gasteiger partial charge in [0.25, 0.3) is 16.0 Å². The lowest BCUT2D eigenvalue weighted by atomic mass is 9.74. The molecule has 1 fully saturated rings. The molecule has 0 saturated heterocycles. The first-order valence-corrected chi connectivity index (χ1v) is 16.2. The molecular formula is C32H46N4O7S. The molecule has 3 atom stereocenters. The summed E-state index contributed by atoms with van der Waals surface area (Å²) in [6.07, 6.45) is 7.64. The molecule has 6 N–H and O–H groups in total. The molecule has 0 spiro atoms. The first-order chi connectivity index (χ1) is 20.7. The van der Waals surface area contributed by atoms with Gasteiger partial charge >= 0.3 is 0 Å². The van der Waals surface area contributed by atoms with Crippen LogP contribution >= 0.6 is 0 Å². The highest BCUT2D eigenvalue weighted by Gasteiger charge is 2.37. The predicted molar refractivity (Wildman–Crippen MR) is 168 cm³/mol. The normalized spacial score (nSPS) is 15.4. The summed E-state index contributed by atoms with van der Waals surface area (Å²) in [6, 6.07) is 14.9. The molecule has 11 nitrogen and oxygen atoms in total. The second kappa shape index (κ2) is 17.6. The molecule has 242 valence electrons. The lowest BCUT2D eigenvalue weighted by Gasteiger charge is -2.34. The highest BCUT2D eigenvalue weighted by Crippen LogP contribution is 2.36. The molecule has 12 heteroatoms. The van der Waals surface area contributed by atoms with Crippen molar-refractivity contribution in [3.63, 3.8) is 0 Å². The van der Waals surface area contributed by atoms with E-state index in [0.717, 1.165) is 30.4 Å². The number of hydrazine groups is 1. The molecule has 0 radical (unpaired) electrons. The Morgan fingerprint density at radius 3 is 2.09 bits per heavy atom. The van der Waals surface area contributed by atoms with E-state index in [1.54, 1.807) is 24.5 Å². The summed E-state index contributed by atoms with van der Waals surface area (Å²) < 4.78 is 29.6. The van der Waals surface area contributed by atoms with Crippen molar-refractivity contribution in [1.82, 2.24) is 15.9 Å². The molecule has 1 aliphatic carbocycles. The zero-order chi connectivity index (χ0) is 32.9. The topological polar surface area (TPSA) is 179 Å². The van der Waals surface area contributed by atoms with Crippen LogP contribution < -0.4 is 16.6 Å². The number of allylic oxidation sites excluding steroid dienone is 1. The van der Waals surface area contributed by atoms with Crippen molar-refractivity contribution in [2.75, 3.05) is 6.54 Å². The van der Waals surface area contributed by atoms with Gasteiger partial charge in [-0.25, -0.2) is 5.48 Å². The Balaban J connectivity index is 0.000000514. The van der Waals surface area contributed by atoms with E-state index < -0.39 is 39.8 Å². The number of carbonyl (C=O) groups is 3. The monoisotopic (exact) mass is 630 g/mol. The van der Waals surface area contributed by atoms with Crippen molar-refractivity contribution in [1.29, 1.82) is 0 Å². The molecule has 0 bridgehead atoms. The number of carbonyl (C=O) groups excluding carboxylic acids is 3. The maximum Gasteiger partial charge on any atom is 0.294 e. The van der Waals surface area contributed by atoms with Crippen LogP contribution in [-0.4, -0.2) is 53.5 Å². The minimum Gasteiger partial charge on any atom is -0.320 e. The van der Waals surface area contributed by atoms with Crippen molar-refractivity contribution >= 4 is 33.9 Å². The summed E-state index contributed by atoms with van der Waals surface area (Å²) in [5.74, 6) is -2.41. The van der Waals surface area contributed by atoms with Crippen LogP contribution in [0.5, 0.6) is 0 Å². The largest absolute Gasteiger partial charge is 0.320 e. The third-order valence-electron chi connectivity index (χ3n) is 7.35. The molecule has 0 unspecified atom stereocenters. The highest BCUT2D eigenvalue weighted by atomic mass is 32.2. The summed E-state index contributed by atoms with van der Waals surface area (Å²) in [4.78, 5) is 38.5. The lowest BCUT2D eigenvalue weighted by Crippen LogP contribution is -2.55. The number of nitrogens with two attached hydrogens (primary N) is 1. The Bertz CT molecular complexity index is 1340. The van der Waals surface area contributed by atoms with E-state index in [9.17, 15) is 28.0 Å². The number of hydrogen-bond donors (Lipinski definition) is 5. The number of aryl methyl sites for hydroxylation is 1. The Morgan fingerprint density at radius 1 is 1.00 bits per heavy atom. The van der Waals surface area contributed by atoms with Gasteiger partial charge in [0, 0.05) is 6.54 Å². The zero-order valence-corrected chi connectivity index (χ0v) is 26.7. The summed E-state index contributed by atoms with van der Waals surface area (Å²) >= 11 is 0. The fraction of sp³-hybridized carbons (Fsp3) is 0.469. The van der Waals surface area contributed by atoms with Crippen molar-refractivity contribution < 1.29 is 32.6 Å². The molecule has 3 amide bonds. The smallest absolute Gasteiger partial charge is 0.294 e. The van der Waals surface area contributed by atoms with Crippen LogP contribution in [0.1, 0.15) is 64.0 Å². The number of rotatable bonds is 12. The second-order valence-electron chi connectivity index (χ2n) is 11.7. The molecule has 44 heavy (non-hydrogen) atoms. The van der Waals surface area contributed by atoms with E-state index in [0.29, 0.717) is 18.9 Å². The average molecular weight is 631 g/mol. The standard InChI is InChI=1S/C25H38N4O4.C7H8O3S/c1-17(2)16-29(25(32)18(3)26)27-23(30)22(15-20-12-7-13-20)21(24(31)28-33)14-8-11-19-9-5-4-6-10-19;1-6-2-4-7(5-3-6)11(8,9)10/h4-6,8-11,17-18,20-22,33H,7,12-16,26H2,1-3H3,(H,27,30)(H,28,31);2-5H,1H3,(H,8,9,10)/b11-8+;/t18-,21+,22-;/m1./s1. The molecule has 1 saturated carbocycles. The first kappa shape index (κ1) is 36.6. The maximum atomic E-state index is 13.4. The minimum atomic E-state index is -4.02. The summed E-state index contributed by atoms with van der Waals surface area (Å²) in [5, 5.41) is 10.6. The van der Waals surface area contributed by atoms with Crippen LogP contribution in [0, 0.1) is 30.6 Å². The predicted octanol–water partition coefficient (Wildman–Crippen LogP) is 4.12. The molecular weight excluding hydrogens is 584 g/mol. The third kappa shape index (κ3) is 12.2. The van der Waals surface area contributed by atoms with Gasteiger partial charge in [0.15, 0.2) is 0 Å². The fourth-order valence-corrected chi connectivity index (χ4v) is 5.20. The third-order valence-corrected chi connectivity index (χ3v) is 8.22. The second-order valence-corrected chi connectivity index (χ2v) is 13.1. The van der Waals surface area contributed by atoms with Gasteiger partial charge in [0.1, 0.15) is 0 Å². The van der Waals surface area contributed by atoms with E-state index in [2.05, 4.69) is 5.43 Å². The average Bonchev–Trinajstić information content (AvgIpc) is 2.94. The van der Waals surface area contributed by atoms with E-state index in [1.165, 1.54) is 17.1 Å². The molecule has 2 aromatic rings. The SMILES string of the molecule is CC(C)CN(NC(=O)[C@H](CC1CCC1)[C@H](C/C=C/c1ccccc1)C(=O)NO)C(=O)[C@@H](C)N.Cc1ccc(S(=O)(=O)O)cc1. The van der Waals surface area contributed by atoms with Crippen LogP contribution in [-0.2, 0) is 24.5 Å². The van der Waals surface area contributed by atoms with E-state index in [-0.39, 0.29) is 23.1 Å². The molecule has 1 aliphatic rings. The van der Waals surface area contributed by atoms with E-state index in [4.69, 9.17) is 10.3 Å². The van der Waals surface area contributed by atoms with Gasteiger partial charge < -0.3 is 5.73 Å². The molecule has 2 aromatic carbocycles. The molecule has 0 heterocycles. The number of amides is 3. The number of hydroxylamine groups is 1. The minimum absolute atomic E-state index is 0.0666. The Morgan fingerprint density at radius 2 is 1.61 bits per heavy atom. The number of nitrogens with zero attached hydrogens (tertiary/aromatic N) is 1. The van der Waals surface area contributed by atoms with Crippen molar-refractivity contribution in [3.05, 3.63) is 71.8 Å². The zero-order valence-electron chi connectivity index (χ0n) is 25.8.